The Hall–Kier alpha value is -2.24. The molecule has 2 aromatic rings. The monoisotopic (exact) mass is 393 g/mol. The average Bonchev–Trinajstić information content (AvgIpc) is 3.10. The fourth-order valence-corrected chi connectivity index (χ4v) is 4.79. The third-order valence-corrected chi connectivity index (χ3v) is 6.58. The third kappa shape index (κ3) is 4.68. The highest BCUT2D eigenvalue weighted by Crippen LogP contribution is 2.44. The molecule has 2 aliphatic heterocycles. The number of likely N-dealkylation sites (tertiary alicyclic amines) is 1. The van der Waals surface area contributed by atoms with Crippen molar-refractivity contribution in [3.63, 3.8) is 0 Å². The van der Waals surface area contributed by atoms with E-state index in [1.165, 1.54) is 11.1 Å². The number of carbonyl (C=O) groups is 1. The van der Waals surface area contributed by atoms with Crippen molar-refractivity contribution in [3.05, 3.63) is 65.5 Å². The summed E-state index contributed by atoms with van der Waals surface area (Å²) >= 11 is 0. The van der Waals surface area contributed by atoms with Crippen molar-refractivity contribution >= 4 is 5.91 Å². The maximum absolute atomic E-state index is 13.2. The molecule has 5 nitrogen and oxygen atoms in total. The topological polar surface area (TPSA) is 54.5 Å². The number of amides is 1. The van der Waals surface area contributed by atoms with Gasteiger partial charge in [-0.05, 0) is 48.1 Å². The maximum atomic E-state index is 13.2. The van der Waals surface area contributed by atoms with Gasteiger partial charge in [-0.15, -0.1) is 0 Å². The smallest absolute Gasteiger partial charge is 0.225 e. The van der Waals surface area contributed by atoms with Crippen LogP contribution in [0.1, 0.15) is 36.5 Å². The molecule has 0 saturated carbocycles. The minimum atomic E-state index is 0.0168. The number of hydrogen-bond acceptors (Lipinski definition) is 4. The number of aryl methyl sites for hydroxylation is 1. The molecule has 29 heavy (non-hydrogen) atoms. The lowest BCUT2D eigenvalue weighted by Crippen LogP contribution is -2.44. The molecule has 0 aliphatic carbocycles. The Labute approximate surface area is 173 Å². The molecule has 2 saturated heterocycles. The van der Waals surface area contributed by atoms with Crippen LogP contribution < -0.4 is 5.32 Å². The summed E-state index contributed by atoms with van der Waals surface area (Å²) in [6, 6.07) is 12.8. The highest BCUT2D eigenvalue weighted by Gasteiger charge is 2.50. The SMILES string of the molecule is CCc1ccc(CN2CC(C(=O)NCc3ccncc3)C3(CCOCC3)C2)cc1. The highest BCUT2D eigenvalue weighted by atomic mass is 16.5. The molecule has 0 bridgehead atoms. The number of carbonyl (C=O) groups excluding carboxylic acids is 1. The minimum absolute atomic E-state index is 0.0168. The van der Waals surface area contributed by atoms with Crippen LogP contribution in [0.2, 0.25) is 0 Å². The number of ether oxygens (including phenoxy) is 1. The molecule has 154 valence electrons. The number of nitrogens with zero attached hydrogens (tertiary/aromatic N) is 2. The van der Waals surface area contributed by atoms with Crippen LogP contribution in [0.3, 0.4) is 0 Å². The molecule has 4 rings (SSSR count). The first-order valence-corrected chi connectivity index (χ1v) is 10.7. The van der Waals surface area contributed by atoms with Crippen molar-refractivity contribution in [1.82, 2.24) is 15.2 Å². The zero-order valence-electron chi connectivity index (χ0n) is 17.3. The van der Waals surface area contributed by atoms with Crippen LogP contribution in [0.4, 0.5) is 0 Å². The zero-order chi connectivity index (χ0) is 20.1. The van der Waals surface area contributed by atoms with Gasteiger partial charge < -0.3 is 10.1 Å². The van der Waals surface area contributed by atoms with E-state index >= 15 is 0 Å². The number of aromatic nitrogens is 1. The number of hydrogen-bond donors (Lipinski definition) is 1. The summed E-state index contributed by atoms with van der Waals surface area (Å²) in [5, 5.41) is 3.18. The highest BCUT2D eigenvalue weighted by molar-refractivity contribution is 5.80. The lowest BCUT2D eigenvalue weighted by Gasteiger charge is -2.37. The van der Waals surface area contributed by atoms with Crippen LogP contribution in [-0.2, 0) is 29.0 Å². The van der Waals surface area contributed by atoms with E-state index in [1.54, 1.807) is 12.4 Å². The van der Waals surface area contributed by atoms with E-state index in [9.17, 15) is 4.79 Å². The van der Waals surface area contributed by atoms with E-state index in [1.807, 2.05) is 12.1 Å². The Morgan fingerprint density at radius 2 is 1.79 bits per heavy atom. The summed E-state index contributed by atoms with van der Waals surface area (Å²) in [6.45, 7) is 6.94. The molecule has 0 radical (unpaired) electrons. The minimum Gasteiger partial charge on any atom is -0.381 e. The molecule has 5 heteroatoms. The molecule has 2 fully saturated rings. The van der Waals surface area contributed by atoms with Gasteiger partial charge in [-0.2, -0.15) is 0 Å². The van der Waals surface area contributed by atoms with Crippen LogP contribution in [0, 0.1) is 11.3 Å². The molecule has 1 N–H and O–H groups in total. The quantitative estimate of drug-likeness (QED) is 0.819. The van der Waals surface area contributed by atoms with Gasteiger partial charge in [0.25, 0.3) is 0 Å². The fraction of sp³-hybridized carbons (Fsp3) is 0.500. The van der Waals surface area contributed by atoms with Gasteiger partial charge in [-0.3, -0.25) is 14.7 Å². The number of rotatable bonds is 6. The van der Waals surface area contributed by atoms with Crippen molar-refractivity contribution in [2.24, 2.45) is 11.3 Å². The molecule has 1 aromatic carbocycles. The predicted octanol–water partition coefficient (Wildman–Crippen LogP) is 3.19. The Morgan fingerprint density at radius 1 is 1.10 bits per heavy atom. The summed E-state index contributed by atoms with van der Waals surface area (Å²) < 4.78 is 5.64. The first kappa shape index (κ1) is 20.0. The normalized spacial score (nSPS) is 21.3. The molecule has 1 amide bonds. The van der Waals surface area contributed by atoms with E-state index in [4.69, 9.17) is 4.74 Å². The first-order valence-electron chi connectivity index (χ1n) is 10.7. The first-order chi connectivity index (χ1) is 14.2. The Kier molecular flexibility index (Phi) is 6.26. The lowest BCUT2D eigenvalue weighted by atomic mass is 9.71. The molecule has 2 aliphatic rings. The Morgan fingerprint density at radius 3 is 2.48 bits per heavy atom. The van der Waals surface area contributed by atoms with Crippen molar-refractivity contribution < 1.29 is 9.53 Å². The molecular formula is C24H31N3O2. The zero-order valence-corrected chi connectivity index (χ0v) is 17.3. The maximum Gasteiger partial charge on any atom is 0.225 e. The van der Waals surface area contributed by atoms with Crippen LogP contribution in [0.15, 0.2) is 48.8 Å². The molecular weight excluding hydrogens is 362 g/mol. The van der Waals surface area contributed by atoms with E-state index in [-0.39, 0.29) is 17.2 Å². The van der Waals surface area contributed by atoms with Crippen LogP contribution in [-0.4, -0.2) is 42.1 Å². The van der Waals surface area contributed by atoms with Gasteiger partial charge in [0.15, 0.2) is 0 Å². The molecule has 1 spiro atoms. The Balaban J connectivity index is 1.44. The van der Waals surface area contributed by atoms with Crippen LogP contribution in [0.25, 0.3) is 0 Å². The van der Waals surface area contributed by atoms with Gasteiger partial charge in [0.2, 0.25) is 5.91 Å². The van der Waals surface area contributed by atoms with Gasteiger partial charge in [0, 0.05) is 57.2 Å². The summed E-state index contributed by atoms with van der Waals surface area (Å²) in [6.07, 6.45) is 6.52. The van der Waals surface area contributed by atoms with Gasteiger partial charge in [0.1, 0.15) is 0 Å². The second-order valence-electron chi connectivity index (χ2n) is 8.44. The standard InChI is InChI=1S/C24H31N3O2/c1-2-19-3-5-21(6-4-19)16-27-17-22(24(18-27)9-13-29-14-10-24)23(28)26-15-20-7-11-25-12-8-20/h3-8,11-12,22H,2,9-10,13-18H2,1H3,(H,26,28). The van der Waals surface area contributed by atoms with Crippen LogP contribution in [0.5, 0.6) is 0 Å². The molecule has 1 atom stereocenters. The molecule has 1 unspecified atom stereocenters. The summed E-state index contributed by atoms with van der Waals surface area (Å²) in [7, 11) is 0. The lowest BCUT2D eigenvalue weighted by molar-refractivity contribution is -0.130. The summed E-state index contributed by atoms with van der Waals surface area (Å²) in [4.78, 5) is 19.7. The van der Waals surface area contributed by atoms with Gasteiger partial charge >= 0.3 is 0 Å². The van der Waals surface area contributed by atoms with E-state index in [0.717, 1.165) is 57.7 Å². The summed E-state index contributed by atoms with van der Waals surface area (Å²) in [5.41, 5.74) is 3.80. The molecule has 3 heterocycles. The number of benzene rings is 1. The van der Waals surface area contributed by atoms with Crippen molar-refractivity contribution in [1.29, 1.82) is 0 Å². The Bertz CT molecular complexity index is 801. The predicted molar refractivity (Wildman–Crippen MR) is 113 cm³/mol. The van der Waals surface area contributed by atoms with Gasteiger partial charge in [-0.1, -0.05) is 31.2 Å². The number of nitrogens with one attached hydrogen (secondary N) is 1. The van der Waals surface area contributed by atoms with Gasteiger partial charge in [-0.25, -0.2) is 0 Å². The van der Waals surface area contributed by atoms with Crippen molar-refractivity contribution in [2.45, 2.75) is 39.3 Å². The fourth-order valence-electron chi connectivity index (χ4n) is 4.79. The largest absolute Gasteiger partial charge is 0.381 e. The molecule has 1 aromatic heterocycles. The average molecular weight is 394 g/mol. The second kappa shape index (κ2) is 9.06. The number of pyridine rings is 1. The van der Waals surface area contributed by atoms with Crippen molar-refractivity contribution in [2.75, 3.05) is 26.3 Å². The van der Waals surface area contributed by atoms with E-state index in [2.05, 4.69) is 46.4 Å². The van der Waals surface area contributed by atoms with E-state index in [0.29, 0.717) is 6.54 Å². The van der Waals surface area contributed by atoms with Crippen LogP contribution >= 0.6 is 0 Å². The third-order valence-electron chi connectivity index (χ3n) is 6.58. The second-order valence-corrected chi connectivity index (χ2v) is 8.44. The van der Waals surface area contributed by atoms with Gasteiger partial charge in [0.05, 0.1) is 5.92 Å². The van der Waals surface area contributed by atoms with E-state index < -0.39 is 0 Å². The summed E-state index contributed by atoms with van der Waals surface area (Å²) in [5.74, 6) is 0.190. The van der Waals surface area contributed by atoms with Crippen molar-refractivity contribution in [3.8, 4) is 0 Å².